The van der Waals surface area contributed by atoms with Gasteiger partial charge in [0.15, 0.2) is 5.78 Å². The van der Waals surface area contributed by atoms with Crippen molar-refractivity contribution < 1.29 is 9.59 Å². The van der Waals surface area contributed by atoms with Gasteiger partial charge in [-0.3, -0.25) is 9.59 Å². The normalized spacial score (nSPS) is 11.1. The Bertz CT molecular complexity index is 713. The van der Waals surface area contributed by atoms with Crippen LogP contribution in [0.5, 0.6) is 0 Å². The van der Waals surface area contributed by atoms with Gasteiger partial charge in [-0.05, 0) is 29.7 Å². The molecule has 4 nitrogen and oxygen atoms in total. The zero-order valence-corrected chi connectivity index (χ0v) is 13.7. The minimum absolute atomic E-state index is 0.0576. The maximum absolute atomic E-state index is 12.2. The highest BCUT2D eigenvalue weighted by Gasteiger charge is 2.17. The minimum Gasteiger partial charge on any atom is -0.397 e. The average molecular weight is 310 g/mol. The highest BCUT2D eigenvalue weighted by atomic mass is 16.1. The number of amides is 1. The molecule has 0 atom stereocenters. The van der Waals surface area contributed by atoms with Gasteiger partial charge in [0.1, 0.15) is 0 Å². The summed E-state index contributed by atoms with van der Waals surface area (Å²) in [5.41, 5.74) is 7.95. The second-order valence-electron chi connectivity index (χ2n) is 6.78. The number of nitrogen functional groups attached to an aromatic ring is 1. The number of ketones is 1. The van der Waals surface area contributed by atoms with Crippen LogP contribution in [-0.2, 0) is 0 Å². The zero-order valence-electron chi connectivity index (χ0n) is 13.7. The van der Waals surface area contributed by atoms with Crippen LogP contribution in [-0.4, -0.2) is 11.7 Å². The van der Waals surface area contributed by atoms with Crippen molar-refractivity contribution in [3.63, 3.8) is 0 Å². The predicted octanol–water partition coefficient (Wildman–Crippen LogP) is 4.14. The number of para-hydroxylation sites is 2. The molecular formula is C19H22N2O2. The summed E-state index contributed by atoms with van der Waals surface area (Å²) in [6.45, 7) is 6.07. The van der Waals surface area contributed by atoms with Crippen LogP contribution in [0, 0.1) is 5.41 Å². The molecule has 0 aliphatic carbocycles. The topological polar surface area (TPSA) is 72.2 Å². The van der Waals surface area contributed by atoms with Crippen molar-refractivity contribution in [2.24, 2.45) is 5.41 Å². The second kappa shape index (κ2) is 6.65. The molecule has 0 spiro atoms. The summed E-state index contributed by atoms with van der Waals surface area (Å²) in [4.78, 5) is 24.4. The van der Waals surface area contributed by atoms with E-state index in [1.807, 2.05) is 20.8 Å². The van der Waals surface area contributed by atoms with E-state index in [2.05, 4.69) is 5.32 Å². The molecule has 0 heterocycles. The fourth-order valence-electron chi connectivity index (χ4n) is 2.20. The molecule has 0 aromatic heterocycles. The number of hydrogen-bond acceptors (Lipinski definition) is 3. The largest absolute Gasteiger partial charge is 0.397 e. The van der Waals surface area contributed by atoms with Crippen LogP contribution in [0.25, 0.3) is 0 Å². The number of rotatable bonds is 4. The van der Waals surface area contributed by atoms with Crippen LogP contribution in [0.15, 0.2) is 48.5 Å². The van der Waals surface area contributed by atoms with Crippen molar-refractivity contribution in [3.8, 4) is 0 Å². The number of nitrogens with two attached hydrogens (primary N) is 1. The number of hydrogen-bond donors (Lipinski definition) is 2. The molecule has 0 radical (unpaired) electrons. The lowest BCUT2D eigenvalue weighted by atomic mass is 9.88. The fourth-order valence-corrected chi connectivity index (χ4v) is 2.20. The molecule has 0 unspecified atom stereocenters. The molecule has 2 aromatic rings. The number of Topliss-reactive ketones (excluding diaryl/α,β-unsaturated/α-hetero) is 1. The van der Waals surface area contributed by atoms with Gasteiger partial charge in [-0.25, -0.2) is 0 Å². The van der Waals surface area contributed by atoms with E-state index in [-0.39, 0.29) is 17.1 Å². The summed E-state index contributed by atoms with van der Waals surface area (Å²) >= 11 is 0. The van der Waals surface area contributed by atoms with Crippen LogP contribution < -0.4 is 11.1 Å². The van der Waals surface area contributed by atoms with E-state index < -0.39 is 0 Å². The first kappa shape index (κ1) is 16.7. The molecule has 0 saturated heterocycles. The Morgan fingerprint density at radius 1 is 0.957 bits per heavy atom. The van der Waals surface area contributed by atoms with Crippen LogP contribution >= 0.6 is 0 Å². The number of carbonyl (C=O) groups excluding carboxylic acids is 2. The molecule has 3 N–H and O–H groups in total. The Kier molecular flexibility index (Phi) is 4.84. The highest BCUT2D eigenvalue weighted by Crippen LogP contribution is 2.22. The first-order chi connectivity index (χ1) is 10.8. The third-order valence-electron chi connectivity index (χ3n) is 3.37. The third-order valence-corrected chi connectivity index (χ3v) is 3.37. The summed E-state index contributed by atoms with van der Waals surface area (Å²) in [6, 6.07) is 13.8. The lowest BCUT2D eigenvalue weighted by Crippen LogP contribution is -2.15. The smallest absolute Gasteiger partial charge is 0.255 e. The molecule has 0 saturated carbocycles. The van der Waals surface area contributed by atoms with Crippen molar-refractivity contribution in [3.05, 3.63) is 59.7 Å². The summed E-state index contributed by atoms with van der Waals surface area (Å²) in [5, 5.41) is 2.76. The lowest BCUT2D eigenvalue weighted by molar-refractivity contribution is 0.0938. The Morgan fingerprint density at radius 3 is 2.09 bits per heavy atom. The molecule has 120 valence electrons. The van der Waals surface area contributed by atoms with Gasteiger partial charge in [0.25, 0.3) is 5.91 Å². The number of anilines is 2. The molecule has 0 bridgehead atoms. The second-order valence-corrected chi connectivity index (χ2v) is 6.78. The van der Waals surface area contributed by atoms with Crippen molar-refractivity contribution in [2.45, 2.75) is 27.2 Å². The van der Waals surface area contributed by atoms with Crippen molar-refractivity contribution in [1.29, 1.82) is 0 Å². The monoisotopic (exact) mass is 310 g/mol. The Hall–Kier alpha value is -2.62. The highest BCUT2D eigenvalue weighted by molar-refractivity contribution is 6.06. The third kappa shape index (κ3) is 4.68. The van der Waals surface area contributed by atoms with Crippen LogP contribution in [0.2, 0.25) is 0 Å². The van der Waals surface area contributed by atoms with Gasteiger partial charge in [-0.2, -0.15) is 0 Å². The Labute approximate surface area is 136 Å². The van der Waals surface area contributed by atoms with Crippen molar-refractivity contribution in [2.75, 3.05) is 11.1 Å². The van der Waals surface area contributed by atoms with Crippen LogP contribution in [0.4, 0.5) is 11.4 Å². The van der Waals surface area contributed by atoms with E-state index in [0.717, 1.165) is 0 Å². The summed E-state index contributed by atoms with van der Waals surface area (Å²) in [7, 11) is 0. The minimum atomic E-state index is -0.252. The predicted molar refractivity (Wildman–Crippen MR) is 93.7 cm³/mol. The first-order valence-corrected chi connectivity index (χ1v) is 7.55. The molecule has 0 fully saturated rings. The Morgan fingerprint density at radius 2 is 1.52 bits per heavy atom. The quantitative estimate of drug-likeness (QED) is 0.658. The number of nitrogens with one attached hydrogen (secondary N) is 1. The first-order valence-electron chi connectivity index (χ1n) is 7.55. The average Bonchev–Trinajstić information content (AvgIpc) is 2.48. The lowest BCUT2D eigenvalue weighted by Gasteiger charge is -2.16. The maximum atomic E-state index is 12.2. The van der Waals surface area contributed by atoms with E-state index in [4.69, 9.17) is 5.73 Å². The molecule has 2 aromatic carbocycles. The number of carbonyl (C=O) groups is 2. The van der Waals surface area contributed by atoms with E-state index in [1.165, 1.54) is 0 Å². The molecule has 4 heteroatoms. The molecular weight excluding hydrogens is 288 g/mol. The van der Waals surface area contributed by atoms with E-state index in [0.29, 0.717) is 28.9 Å². The van der Waals surface area contributed by atoms with Gasteiger partial charge in [-0.1, -0.05) is 45.0 Å². The Balaban J connectivity index is 2.09. The molecule has 0 aliphatic rings. The van der Waals surface area contributed by atoms with Gasteiger partial charge in [0, 0.05) is 17.5 Å². The van der Waals surface area contributed by atoms with Gasteiger partial charge < -0.3 is 11.1 Å². The molecule has 2 rings (SSSR count). The van der Waals surface area contributed by atoms with Crippen molar-refractivity contribution in [1.82, 2.24) is 0 Å². The van der Waals surface area contributed by atoms with Crippen LogP contribution in [0.3, 0.4) is 0 Å². The number of benzene rings is 2. The summed E-state index contributed by atoms with van der Waals surface area (Å²) in [6.07, 6.45) is 0.471. The molecule has 0 aliphatic heterocycles. The standard InChI is InChI=1S/C19H22N2O2/c1-19(2,3)12-17(22)13-8-10-14(11-9-13)18(23)21-16-7-5-4-6-15(16)20/h4-11H,12,20H2,1-3H3,(H,21,23). The fraction of sp³-hybridized carbons (Fsp3) is 0.263. The van der Waals surface area contributed by atoms with Gasteiger partial charge >= 0.3 is 0 Å². The van der Waals surface area contributed by atoms with Gasteiger partial charge in [0.05, 0.1) is 11.4 Å². The van der Waals surface area contributed by atoms with E-state index >= 15 is 0 Å². The maximum Gasteiger partial charge on any atom is 0.255 e. The van der Waals surface area contributed by atoms with Gasteiger partial charge in [0.2, 0.25) is 0 Å². The van der Waals surface area contributed by atoms with E-state index in [9.17, 15) is 9.59 Å². The van der Waals surface area contributed by atoms with E-state index in [1.54, 1.807) is 48.5 Å². The molecule has 23 heavy (non-hydrogen) atoms. The SMILES string of the molecule is CC(C)(C)CC(=O)c1ccc(C(=O)Nc2ccccc2N)cc1. The zero-order chi connectivity index (χ0) is 17.0. The van der Waals surface area contributed by atoms with Gasteiger partial charge in [-0.15, -0.1) is 0 Å². The molecule has 1 amide bonds. The van der Waals surface area contributed by atoms with Crippen molar-refractivity contribution >= 4 is 23.1 Å². The summed E-state index contributed by atoms with van der Waals surface area (Å²) < 4.78 is 0. The van der Waals surface area contributed by atoms with Crippen LogP contribution in [0.1, 0.15) is 47.9 Å². The summed E-state index contributed by atoms with van der Waals surface area (Å²) in [5.74, 6) is -0.172.